The smallest absolute Gasteiger partial charge is 0.306 e. The van der Waals surface area contributed by atoms with Crippen molar-refractivity contribution in [1.82, 2.24) is 9.55 Å². The monoisotopic (exact) mass is 422 g/mol. The van der Waals surface area contributed by atoms with Crippen LogP contribution in [0.4, 0.5) is 4.39 Å². The summed E-state index contributed by atoms with van der Waals surface area (Å²) in [5.74, 6) is -0.421. The number of ether oxygens (including phenoxy) is 1. The van der Waals surface area contributed by atoms with E-state index in [1.807, 2.05) is 48.9 Å². The number of aryl methyl sites for hydroxylation is 1. The summed E-state index contributed by atoms with van der Waals surface area (Å²) in [4.78, 5) is 15.8. The molecule has 0 saturated carbocycles. The average molecular weight is 422 g/mol. The van der Waals surface area contributed by atoms with E-state index < -0.39 is 12.1 Å². The Bertz CT molecular complexity index is 1230. The number of aliphatic carboxylic acids is 1. The van der Waals surface area contributed by atoms with Gasteiger partial charge in [-0.3, -0.25) is 4.79 Å². The van der Waals surface area contributed by atoms with E-state index in [1.54, 1.807) is 18.2 Å². The molecule has 2 aromatic carbocycles. The number of hydrogen-bond acceptors (Lipinski definition) is 4. The van der Waals surface area contributed by atoms with Crippen LogP contribution in [0.15, 0.2) is 59.1 Å². The molecular weight excluding hydrogens is 399 g/mol. The van der Waals surface area contributed by atoms with E-state index in [0.29, 0.717) is 30.2 Å². The Kier molecular flexibility index (Phi) is 5.86. The van der Waals surface area contributed by atoms with E-state index in [9.17, 15) is 14.3 Å². The van der Waals surface area contributed by atoms with Crippen LogP contribution in [0.5, 0.6) is 0 Å². The zero-order chi connectivity index (χ0) is 22.0. The van der Waals surface area contributed by atoms with E-state index in [-0.39, 0.29) is 18.1 Å². The van der Waals surface area contributed by atoms with Gasteiger partial charge in [0.25, 0.3) is 0 Å². The number of rotatable bonds is 8. The van der Waals surface area contributed by atoms with Crippen LogP contribution in [-0.2, 0) is 16.1 Å². The first-order valence-corrected chi connectivity index (χ1v) is 10.1. The number of aromatic nitrogens is 2. The van der Waals surface area contributed by atoms with Crippen LogP contribution in [-0.4, -0.2) is 27.2 Å². The number of carbonyl (C=O) groups is 1. The Labute approximate surface area is 178 Å². The highest BCUT2D eigenvalue weighted by molar-refractivity contribution is 5.85. The molecule has 0 aliphatic rings. The Balaban J connectivity index is 1.68. The summed E-state index contributed by atoms with van der Waals surface area (Å²) >= 11 is 0. The van der Waals surface area contributed by atoms with Gasteiger partial charge >= 0.3 is 5.97 Å². The van der Waals surface area contributed by atoms with Crippen LogP contribution in [0, 0.1) is 12.7 Å². The van der Waals surface area contributed by atoms with Crippen LogP contribution in [0.25, 0.3) is 22.4 Å². The lowest BCUT2D eigenvalue weighted by atomic mass is 10.0. The summed E-state index contributed by atoms with van der Waals surface area (Å²) in [5, 5.41) is 10.2. The molecule has 1 atom stereocenters. The predicted molar refractivity (Wildman–Crippen MR) is 114 cm³/mol. The van der Waals surface area contributed by atoms with Gasteiger partial charge in [0.1, 0.15) is 17.3 Å². The molecule has 0 aliphatic carbocycles. The normalized spacial score (nSPS) is 12.4. The third-order valence-corrected chi connectivity index (χ3v) is 5.24. The summed E-state index contributed by atoms with van der Waals surface area (Å²) in [5.41, 5.74) is 2.80. The average Bonchev–Trinajstić information content (AvgIpc) is 3.31. The van der Waals surface area contributed by atoms with Crippen LogP contribution in [0.1, 0.15) is 36.5 Å². The molecule has 4 aromatic rings. The van der Waals surface area contributed by atoms with Crippen molar-refractivity contribution in [3.05, 3.63) is 77.6 Å². The highest BCUT2D eigenvalue weighted by Crippen LogP contribution is 2.31. The number of nitrogens with zero attached hydrogens (tertiary/aromatic N) is 2. The molecule has 0 bridgehead atoms. The largest absolute Gasteiger partial charge is 0.481 e. The van der Waals surface area contributed by atoms with E-state index >= 15 is 0 Å². The predicted octanol–water partition coefficient (Wildman–Crippen LogP) is 5.34. The summed E-state index contributed by atoms with van der Waals surface area (Å²) in [6, 6.07) is 14.1. The Hall–Kier alpha value is -3.45. The van der Waals surface area contributed by atoms with Crippen LogP contribution in [0.3, 0.4) is 0 Å². The van der Waals surface area contributed by atoms with Crippen LogP contribution in [0.2, 0.25) is 0 Å². The van der Waals surface area contributed by atoms with E-state index in [4.69, 9.17) is 9.15 Å². The summed E-state index contributed by atoms with van der Waals surface area (Å²) in [6.07, 6.45) is 1.30. The highest BCUT2D eigenvalue weighted by atomic mass is 19.1. The minimum atomic E-state index is -0.909. The molecule has 2 aromatic heterocycles. The van der Waals surface area contributed by atoms with Crippen molar-refractivity contribution in [3.8, 4) is 11.5 Å². The maximum absolute atomic E-state index is 14.1. The van der Waals surface area contributed by atoms with Gasteiger partial charge in [0, 0.05) is 23.7 Å². The van der Waals surface area contributed by atoms with E-state index in [1.165, 1.54) is 6.07 Å². The third-order valence-electron chi connectivity index (χ3n) is 5.24. The second kappa shape index (κ2) is 8.73. The van der Waals surface area contributed by atoms with Gasteiger partial charge in [0.15, 0.2) is 0 Å². The van der Waals surface area contributed by atoms with Gasteiger partial charge in [0.05, 0.1) is 24.6 Å². The number of carboxylic acid groups (broad SMARTS) is 1. The van der Waals surface area contributed by atoms with Crippen molar-refractivity contribution in [3.63, 3.8) is 0 Å². The summed E-state index contributed by atoms with van der Waals surface area (Å²) in [7, 11) is 0. The molecule has 4 rings (SSSR count). The van der Waals surface area contributed by atoms with Gasteiger partial charge in [-0.1, -0.05) is 24.3 Å². The first-order chi connectivity index (χ1) is 15.0. The molecule has 2 heterocycles. The molecule has 7 heteroatoms. The van der Waals surface area contributed by atoms with Gasteiger partial charge in [0.2, 0.25) is 5.89 Å². The lowest BCUT2D eigenvalue weighted by molar-refractivity contribution is -0.140. The summed E-state index contributed by atoms with van der Waals surface area (Å²) in [6.45, 7) is 4.52. The van der Waals surface area contributed by atoms with E-state index in [0.717, 1.165) is 16.5 Å². The molecule has 31 heavy (non-hydrogen) atoms. The molecule has 0 spiro atoms. The molecule has 0 aliphatic heterocycles. The zero-order valence-corrected chi connectivity index (χ0v) is 17.3. The van der Waals surface area contributed by atoms with Gasteiger partial charge in [-0.25, -0.2) is 9.37 Å². The molecular formula is C24H23FN2O4. The number of oxazole rings is 1. The van der Waals surface area contributed by atoms with Gasteiger partial charge in [-0.05, 0) is 43.7 Å². The second-order valence-electron chi connectivity index (χ2n) is 7.27. The Morgan fingerprint density at radius 1 is 1.23 bits per heavy atom. The fraction of sp³-hybridized carbons (Fsp3) is 0.250. The zero-order valence-electron chi connectivity index (χ0n) is 17.3. The number of carboxylic acids is 1. The van der Waals surface area contributed by atoms with Gasteiger partial charge < -0.3 is 18.8 Å². The fourth-order valence-corrected chi connectivity index (χ4v) is 3.77. The molecule has 1 N–H and O–H groups in total. The van der Waals surface area contributed by atoms with Crippen LogP contribution >= 0.6 is 0 Å². The number of halogens is 1. The molecule has 160 valence electrons. The van der Waals surface area contributed by atoms with E-state index in [2.05, 4.69) is 4.98 Å². The SMILES string of the molecule is CCOC(CC(=O)O)c1cccc2c1ccn2Cc1nc(-c2ccccc2F)oc1C. The first-order valence-electron chi connectivity index (χ1n) is 10.1. The van der Waals surface area contributed by atoms with Crippen LogP contribution < -0.4 is 0 Å². The quantitative estimate of drug-likeness (QED) is 0.414. The number of fused-ring (bicyclic) bond motifs is 1. The second-order valence-corrected chi connectivity index (χ2v) is 7.27. The fourth-order valence-electron chi connectivity index (χ4n) is 3.77. The molecule has 6 nitrogen and oxygen atoms in total. The van der Waals surface area contributed by atoms with Crippen molar-refractivity contribution in [2.75, 3.05) is 6.61 Å². The summed E-state index contributed by atoms with van der Waals surface area (Å²) < 4.78 is 27.6. The highest BCUT2D eigenvalue weighted by Gasteiger charge is 2.20. The van der Waals surface area contributed by atoms with Crippen molar-refractivity contribution < 1.29 is 23.4 Å². The first kappa shape index (κ1) is 20.8. The van der Waals surface area contributed by atoms with Crippen molar-refractivity contribution >= 4 is 16.9 Å². The molecule has 0 fully saturated rings. The standard InChI is InChI=1S/C24H23FN2O4/c1-3-30-22(13-23(28)29)17-8-6-10-21-16(17)11-12-27(21)14-20-15(2)31-24(26-20)18-7-4-5-9-19(18)25/h4-12,22H,3,13-14H2,1-2H3,(H,28,29). The number of benzene rings is 2. The lowest BCUT2D eigenvalue weighted by Crippen LogP contribution is -2.10. The third kappa shape index (κ3) is 4.22. The maximum atomic E-state index is 14.1. The Morgan fingerprint density at radius 3 is 2.77 bits per heavy atom. The molecule has 0 radical (unpaired) electrons. The maximum Gasteiger partial charge on any atom is 0.306 e. The minimum Gasteiger partial charge on any atom is -0.481 e. The van der Waals surface area contributed by atoms with Gasteiger partial charge in [-0.15, -0.1) is 0 Å². The number of hydrogen-bond donors (Lipinski definition) is 1. The topological polar surface area (TPSA) is 77.5 Å². The van der Waals surface area contributed by atoms with Crippen molar-refractivity contribution in [1.29, 1.82) is 0 Å². The lowest BCUT2D eigenvalue weighted by Gasteiger charge is -2.17. The van der Waals surface area contributed by atoms with Crippen molar-refractivity contribution in [2.24, 2.45) is 0 Å². The molecule has 0 amide bonds. The van der Waals surface area contributed by atoms with Crippen molar-refractivity contribution in [2.45, 2.75) is 32.9 Å². The van der Waals surface area contributed by atoms with Gasteiger partial charge in [-0.2, -0.15) is 0 Å². The minimum absolute atomic E-state index is 0.105. The molecule has 1 unspecified atom stereocenters. The molecule has 0 saturated heterocycles. The Morgan fingerprint density at radius 2 is 2.03 bits per heavy atom.